The summed E-state index contributed by atoms with van der Waals surface area (Å²) in [6.45, 7) is 1.73. The lowest BCUT2D eigenvalue weighted by atomic mass is 10.2. The van der Waals surface area contributed by atoms with Crippen LogP contribution < -0.4 is 5.32 Å². The molecule has 0 atom stereocenters. The number of hydrogen-bond acceptors (Lipinski definition) is 4. The maximum Gasteiger partial charge on any atom is 0.151 e. The van der Waals surface area contributed by atoms with Crippen LogP contribution in [0.1, 0.15) is 12.5 Å². The summed E-state index contributed by atoms with van der Waals surface area (Å²) < 4.78 is 35.7. The molecule has 0 saturated heterocycles. The standard InChI is InChI=1S/C11H13FN2O2S/c1-2-17(15,16)7-6-14-11-5-3-4-10(12)9(11)8-13/h3-5,14H,2,6-7H2,1H3. The number of benzene rings is 1. The van der Waals surface area contributed by atoms with E-state index < -0.39 is 15.7 Å². The highest BCUT2D eigenvalue weighted by atomic mass is 32.2. The average Bonchev–Trinajstić information content (AvgIpc) is 2.29. The number of nitrogens with zero attached hydrogens (tertiary/aromatic N) is 1. The Bertz CT molecular complexity index is 535. The largest absolute Gasteiger partial charge is 0.383 e. The molecule has 1 aromatic rings. The number of anilines is 1. The fourth-order valence-electron chi connectivity index (χ4n) is 1.27. The summed E-state index contributed by atoms with van der Waals surface area (Å²) >= 11 is 0. The normalized spacial score (nSPS) is 10.9. The molecule has 0 aliphatic rings. The molecule has 1 N–H and O–H groups in total. The maximum atomic E-state index is 13.2. The van der Waals surface area contributed by atoms with Crippen LogP contribution in [0, 0.1) is 17.1 Å². The van der Waals surface area contributed by atoms with E-state index in [2.05, 4.69) is 5.32 Å². The van der Waals surface area contributed by atoms with Crippen molar-refractivity contribution in [3.05, 3.63) is 29.6 Å². The molecule has 0 heterocycles. The van der Waals surface area contributed by atoms with E-state index in [1.54, 1.807) is 19.1 Å². The van der Waals surface area contributed by atoms with Crippen molar-refractivity contribution in [3.8, 4) is 6.07 Å². The van der Waals surface area contributed by atoms with Crippen molar-refractivity contribution in [2.75, 3.05) is 23.4 Å². The zero-order valence-electron chi connectivity index (χ0n) is 9.40. The lowest BCUT2D eigenvalue weighted by Gasteiger charge is -2.08. The smallest absolute Gasteiger partial charge is 0.151 e. The quantitative estimate of drug-likeness (QED) is 0.867. The molecule has 1 aromatic carbocycles. The predicted molar refractivity (Wildman–Crippen MR) is 63.9 cm³/mol. The van der Waals surface area contributed by atoms with Gasteiger partial charge in [-0.15, -0.1) is 0 Å². The van der Waals surface area contributed by atoms with Crippen molar-refractivity contribution in [2.24, 2.45) is 0 Å². The van der Waals surface area contributed by atoms with Gasteiger partial charge in [0.05, 0.1) is 11.4 Å². The molecule has 92 valence electrons. The Kier molecular flexibility index (Phi) is 4.46. The summed E-state index contributed by atoms with van der Waals surface area (Å²) in [6, 6.07) is 5.93. The first kappa shape index (κ1) is 13.5. The Morgan fingerprint density at radius 3 is 2.76 bits per heavy atom. The monoisotopic (exact) mass is 256 g/mol. The van der Waals surface area contributed by atoms with E-state index >= 15 is 0 Å². The van der Waals surface area contributed by atoms with Crippen LogP contribution in [-0.2, 0) is 9.84 Å². The van der Waals surface area contributed by atoms with Gasteiger partial charge in [-0.3, -0.25) is 0 Å². The summed E-state index contributed by atoms with van der Waals surface area (Å²) in [5, 5.41) is 11.5. The Morgan fingerprint density at radius 1 is 1.47 bits per heavy atom. The van der Waals surface area contributed by atoms with Crippen LogP contribution in [0.2, 0.25) is 0 Å². The second kappa shape index (κ2) is 5.64. The average molecular weight is 256 g/mol. The third kappa shape index (κ3) is 3.71. The van der Waals surface area contributed by atoms with Gasteiger partial charge in [0, 0.05) is 12.3 Å². The molecule has 0 spiro atoms. The molecule has 0 aliphatic carbocycles. The summed E-state index contributed by atoms with van der Waals surface area (Å²) in [5.74, 6) is -0.579. The highest BCUT2D eigenvalue weighted by Crippen LogP contribution is 2.17. The molecule has 4 nitrogen and oxygen atoms in total. The van der Waals surface area contributed by atoms with Crippen LogP contribution in [0.5, 0.6) is 0 Å². The number of rotatable bonds is 5. The topological polar surface area (TPSA) is 70.0 Å². The lowest BCUT2D eigenvalue weighted by Crippen LogP contribution is -2.17. The molecule has 0 saturated carbocycles. The van der Waals surface area contributed by atoms with Gasteiger partial charge in [-0.25, -0.2) is 12.8 Å². The third-order valence-corrected chi connectivity index (χ3v) is 4.00. The first-order valence-electron chi connectivity index (χ1n) is 5.13. The van der Waals surface area contributed by atoms with E-state index in [-0.39, 0.29) is 23.6 Å². The lowest BCUT2D eigenvalue weighted by molar-refractivity contribution is 0.597. The molecule has 0 fully saturated rings. The number of nitrogens with one attached hydrogen (secondary N) is 1. The third-order valence-electron chi connectivity index (χ3n) is 2.29. The first-order chi connectivity index (χ1) is 8.00. The Hall–Kier alpha value is -1.61. The molecule has 6 heteroatoms. The molecular weight excluding hydrogens is 243 g/mol. The zero-order chi connectivity index (χ0) is 12.9. The minimum absolute atomic E-state index is 0.0368. The van der Waals surface area contributed by atoms with Gasteiger partial charge >= 0.3 is 0 Å². The van der Waals surface area contributed by atoms with Gasteiger partial charge < -0.3 is 5.32 Å². The van der Waals surface area contributed by atoms with E-state index in [1.807, 2.05) is 0 Å². The highest BCUT2D eigenvalue weighted by molar-refractivity contribution is 7.91. The SMILES string of the molecule is CCS(=O)(=O)CCNc1cccc(F)c1C#N. The van der Waals surface area contributed by atoms with Crippen LogP contribution in [0.4, 0.5) is 10.1 Å². The van der Waals surface area contributed by atoms with Crippen molar-refractivity contribution >= 4 is 15.5 Å². The van der Waals surface area contributed by atoms with Gasteiger partial charge in [0.25, 0.3) is 0 Å². The van der Waals surface area contributed by atoms with Crippen molar-refractivity contribution in [1.29, 1.82) is 5.26 Å². The van der Waals surface area contributed by atoms with E-state index in [1.165, 1.54) is 12.1 Å². The van der Waals surface area contributed by atoms with Gasteiger partial charge in [0.2, 0.25) is 0 Å². The molecule has 17 heavy (non-hydrogen) atoms. The molecule has 0 aliphatic heterocycles. The molecular formula is C11H13FN2O2S. The van der Waals surface area contributed by atoms with Gasteiger partial charge in [0.15, 0.2) is 9.84 Å². The highest BCUT2D eigenvalue weighted by Gasteiger charge is 2.09. The van der Waals surface area contributed by atoms with Crippen LogP contribution in [-0.4, -0.2) is 26.5 Å². The number of halogens is 1. The second-order valence-electron chi connectivity index (χ2n) is 3.44. The Labute approximate surface area is 100.0 Å². The summed E-state index contributed by atoms with van der Waals surface area (Å²) in [5.41, 5.74) is 0.222. The van der Waals surface area contributed by atoms with Gasteiger partial charge in [0.1, 0.15) is 17.4 Å². The molecule has 0 unspecified atom stereocenters. The number of sulfone groups is 1. The van der Waals surface area contributed by atoms with Crippen LogP contribution in [0.25, 0.3) is 0 Å². The molecule has 0 radical (unpaired) electrons. The van der Waals surface area contributed by atoms with Gasteiger partial charge in [-0.1, -0.05) is 13.0 Å². The van der Waals surface area contributed by atoms with E-state index in [9.17, 15) is 12.8 Å². The number of hydrogen-bond donors (Lipinski definition) is 1. The van der Waals surface area contributed by atoms with E-state index in [4.69, 9.17) is 5.26 Å². The zero-order valence-corrected chi connectivity index (χ0v) is 10.2. The second-order valence-corrected chi connectivity index (χ2v) is 5.91. The van der Waals surface area contributed by atoms with Crippen LogP contribution in [0.15, 0.2) is 18.2 Å². The molecule has 0 bridgehead atoms. The predicted octanol–water partition coefficient (Wildman–Crippen LogP) is 1.54. The van der Waals surface area contributed by atoms with Gasteiger partial charge in [-0.05, 0) is 12.1 Å². The van der Waals surface area contributed by atoms with E-state index in [0.29, 0.717) is 5.69 Å². The Balaban J connectivity index is 2.72. The first-order valence-corrected chi connectivity index (χ1v) is 6.95. The minimum Gasteiger partial charge on any atom is -0.383 e. The summed E-state index contributed by atoms with van der Waals surface area (Å²) in [6.07, 6.45) is 0. The summed E-state index contributed by atoms with van der Waals surface area (Å²) in [4.78, 5) is 0. The fraction of sp³-hybridized carbons (Fsp3) is 0.364. The van der Waals surface area contributed by atoms with E-state index in [0.717, 1.165) is 0 Å². The van der Waals surface area contributed by atoms with Crippen LogP contribution >= 0.6 is 0 Å². The fourth-order valence-corrected chi connectivity index (χ4v) is 1.97. The van der Waals surface area contributed by atoms with Crippen molar-refractivity contribution in [3.63, 3.8) is 0 Å². The maximum absolute atomic E-state index is 13.2. The van der Waals surface area contributed by atoms with Crippen molar-refractivity contribution in [1.82, 2.24) is 0 Å². The molecule has 0 amide bonds. The van der Waals surface area contributed by atoms with Crippen molar-refractivity contribution in [2.45, 2.75) is 6.92 Å². The molecule has 1 rings (SSSR count). The minimum atomic E-state index is -3.06. The van der Waals surface area contributed by atoms with Gasteiger partial charge in [-0.2, -0.15) is 5.26 Å². The number of nitriles is 1. The van der Waals surface area contributed by atoms with Crippen molar-refractivity contribution < 1.29 is 12.8 Å². The Morgan fingerprint density at radius 2 is 2.18 bits per heavy atom. The molecule has 0 aromatic heterocycles. The van der Waals surface area contributed by atoms with Crippen LogP contribution in [0.3, 0.4) is 0 Å². The summed E-state index contributed by atoms with van der Waals surface area (Å²) in [7, 11) is -3.06.